The van der Waals surface area contributed by atoms with Crippen molar-refractivity contribution in [1.29, 1.82) is 0 Å². The first-order valence-corrected chi connectivity index (χ1v) is 7.59. The van der Waals surface area contributed by atoms with Crippen LogP contribution in [-0.2, 0) is 0 Å². The maximum Gasteiger partial charge on any atom is 0.391 e. The third-order valence-electron chi connectivity index (χ3n) is 3.53. The van der Waals surface area contributed by atoms with E-state index in [1.54, 1.807) is 0 Å². The van der Waals surface area contributed by atoms with E-state index in [4.69, 9.17) is 0 Å². The molecule has 0 aliphatic heterocycles. The zero-order valence-corrected chi connectivity index (χ0v) is 12.0. The van der Waals surface area contributed by atoms with Crippen LogP contribution in [0.1, 0.15) is 84.5 Å². The molecule has 0 saturated heterocycles. The molecular formula is C15H29F3. The van der Waals surface area contributed by atoms with Crippen molar-refractivity contribution in [2.75, 3.05) is 0 Å². The minimum Gasteiger partial charge on any atom is -0.171 e. The van der Waals surface area contributed by atoms with Gasteiger partial charge in [-0.25, -0.2) is 0 Å². The van der Waals surface area contributed by atoms with Gasteiger partial charge in [0.1, 0.15) is 0 Å². The SMILES string of the molecule is CCCCCCCC(CCCCCC)C(F)(F)F. The average Bonchev–Trinajstić information content (AvgIpc) is 2.30. The van der Waals surface area contributed by atoms with Gasteiger partial charge in [-0.05, 0) is 12.8 Å². The molecule has 3 heteroatoms. The van der Waals surface area contributed by atoms with Crippen molar-refractivity contribution in [2.24, 2.45) is 5.92 Å². The first-order chi connectivity index (χ1) is 8.52. The molecule has 0 aromatic heterocycles. The zero-order chi connectivity index (χ0) is 13.9. The van der Waals surface area contributed by atoms with Crippen molar-refractivity contribution in [1.82, 2.24) is 0 Å². The van der Waals surface area contributed by atoms with Crippen LogP contribution < -0.4 is 0 Å². The van der Waals surface area contributed by atoms with Crippen LogP contribution in [0, 0.1) is 5.92 Å². The van der Waals surface area contributed by atoms with Gasteiger partial charge in [-0.1, -0.05) is 71.6 Å². The Balaban J connectivity index is 3.79. The Morgan fingerprint density at radius 2 is 1.06 bits per heavy atom. The fourth-order valence-electron chi connectivity index (χ4n) is 2.28. The van der Waals surface area contributed by atoms with Gasteiger partial charge in [0, 0.05) is 0 Å². The summed E-state index contributed by atoms with van der Waals surface area (Å²) in [7, 11) is 0. The van der Waals surface area contributed by atoms with Gasteiger partial charge in [0.25, 0.3) is 0 Å². The quantitative estimate of drug-likeness (QED) is 0.375. The van der Waals surface area contributed by atoms with E-state index < -0.39 is 12.1 Å². The topological polar surface area (TPSA) is 0 Å². The van der Waals surface area contributed by atoms with Crippen molar-refractivity contribution in [2.45, 2.75) is 90.7 Å². The van der Waals surface area contributed by atoms with E-state index in [2.05, 4.69) is 13.8 Å². The van der Waals surface area contributed by atoms with Gasteiger partial charge < -0.3 is 0 Å². The first-order valence-electron chi connectivity index (χ1n) is 7.59. The Kier molecular flexibility index (Phi) is 10.6. The van der Waals surface area contributed by atoms with Crippen LogP contribution in [0.25, 0.3) is 0 Å². The van der Waals surface area contributed by atoms with Crippen molar-refractivity contribution >= 4 is 0 Å². The normalized spacial score (nSPS) is 13.8. The van der Waals surface area contributed by atoms with E-state index in [-0.39, 0.29) is 0 Å². The maximum atomic E-state index is 12.8. The summed E-state index contributed by atoms with van der Waals surface area (Å²) in [5.74, 6) is -1.06. The molecule has 0 aliphatic carbocycles. The fourth-order valence-corrected chi connectivity index (χ4v) is 2.28. The standard InChI is InChI=1S/C15H29F3/c1-3-5-7-9-11-13-14(15(16,17)18)12-10-8-6-4-2/h14H,3-13H2,1-2H3. The molecule has 0 heterocycles. The molecule has 1 atom stereocenters. The van der Waals surface area contributed by atoms with Crippen LogP contribution in [-0.4, -0.2) is 6.18 Å². The van der Waals surface area contributed by atoms with Crippen LogP contribution in [0.5, 0.6) is 0 Å². The van der Waals surface area contributed by atoms with E-state index in [0.717, 1.165) is 57.8 Å². The highest BCUT2D eigenvalue weighted by Crippen LogP contribution is 2.34. The van der Waals surface area contributed by atoms with Crippen LogP contribution in [0.2, 0.25) is 0 Å². The summed E-state index contributed by atoms with van der Waals surface area (Å²) in [6.07, 6.45) is 5.53. The molecule has 18 heavy (non-hydrogen) atoms. The molecule has 0 nitrogen and oxygen atoms in total. The summed E-state index contributed by atoms with van der Waals surface area (Å²) in [4.78, 5) is 0. The number of hydrogen-bond acceptors (Lipinski definition) is 0. The second-order valence-electron chi connectivity index (χ2n) is 5.29. The number of unbranched alkanes of at least 4 members (excludes halogenated alkanes) is 7. The molecule has 0 rings (SSSR count). The molecule has 0 aromatic rings. The molecule has 0 fully saturated rings. The fraction of sp³-hybridized carbons (Fsp3) is 1.00. The van der Waals surface area contributed by atoms with Gasteiger partial charge in [-0.3, -0.25) is 0 Å². The van der Waals surface area contributed by atoms with E-state index in [9.17, 15) is 13.2 Å². The van der Waals surface area contributed by atoms with E-state index >= 15 is 0 Å². The van der Waals surface area contributed by atoms with Gasteiger partial charge in [0.15, 0.2) is 0 Å². The summed E-state index contributed by atoms with van der Waals surface area (Å²) < 4.78 is 38.4. The largest absolute Gasteiger partial charge is 0.391 e. The maximum absolute atomic E-state index is 12.8. The Morgan fingerprint density at radius 1 is 0.667 bits per heavy atom. The third-order valence-corrected chi connectivity index (χ3v) is 3.53. The third kappa shape index (κ3) is 9.78. The Hall–Kier alpha value is -0.210. The molecule has 0 amide bonds. The van der Waals surface area contributed by atoms with Crippen LogP contribution in [0.3, 0.4) is 0 Å². The molecular weight excluding hydrogens is 237 g/mol. The molecule has 0 N–H and O–H groups in total. The Labute approximate surface area is 110 Å². The molecule has 0 radical (unpaired) electrons. The zero-order valence-electron chi connectivity index (χ0n) is 12.0. The predicted octanol–water partition coefficient (Wildman–Crippen LogP) is 6.50. The summed E-state index contributed by atoms with van der Waals surface area (Å²) in [5, 5.41) is 0. The van der Waals surface area contributed by atoms with Gasteiger partial charge >= 0.3 is 6.18 Å². The lowest BCUT2D eigenvalue weighted by atomic mass is 9.94. The lowest BCUT2D eigenvalue weighted by Gasteiger charge is -2.20. The lowest BCUT2D eigenvalue weighted by Crippen LogP contribution is -2.22. The van der Waals surface area contributed by atoms with Crippen molar-refractivity contribution in [3.8, 4) is 0 Å². The Morgan fingerprint density at radius 3 is 1.44 bits per heavy atom. The molecule has 110 valence electrons. The highest BCUT2D eigenvalue weighted by molar-refractivity contribution is 4.68. The van der Waals surface area contributed by atoms with Crippen molar-refractivity contribution in [3.63, 3.8) is 0 Å². The monoisotopic (exact) mass is 266 g/mol. The predicted molar refractivity (Wildman–Crippen MR) is 71.7 cm³/mol. The average molecular weight is 266 g/mol. The van der Waals surface area contributed by atoms with Crippen molar-refractivity contribution in [3.05, 3.63) is 0 Å². The molecule has 0 saturated carbocycles. The summed E-state index contributed by atoms with van der Waals surface area (Å²) in [5.41, 5.74) is 0. The van der Waals surface area contributed by atoms with Gasteiger partial charge in [0.2, 0.25) is 0 Å². The van der Waals surface area contributed by atoms with Gasteiger partial charge in [-0.15, -0.1) is 0 Å². The molecule has 0 aromatic carbocycles. The number of halogens is 3. The van der Waals surface area contributed by atoms with Crippen molar-refractivity contribution < 1.29 is 13.2 Å². The minimum absolute atomic E-state index is 0.331. The van der Waals surface area contributed by atoms with Gasteiger partial charge in [-0.2, -0.15) is 13.2 Å². The van der Waals surface area contributed by atoms with Gasteiger partial charge in [0.05, 0.1) is 5.92 Å². The lowest BCUT2D eigenvalue weighted by molar-refractivity contribution is -0.178. The molecule has 0 aliphatic rings. The smallest absolute Gasteiger partial charge is 0.171 e. The van der Waals surface area contributed by atoms with Crippen LogP contribution in [0.4, 0.5) is 13.2 Å². The highest BCUT2D eigenvalue weighted by Gasteiger charge is 2.38. The number of alkyl halides is 3. The second kappa shape index (κ2) is 10.7. The highest BCUT2D eigenvalue weighted by atomic mass is 19.4. The van der Waals surface area contributed by atoms with Crippen LogP contribution in [0.15, 0.2) is 0 Å². The van der Waals surface area contributed by atoms with E-state index in [0.29, 0.717) is 12.8 Å². The van der Waals surface area contributed by atoms with E-state index in [1.807, 2.05) is 0 Å². The summed E-state index contributed by atoms with van der Waals surface area (Å²) in [6, 6.07) is 0. The molecule has 0 bridgehead atoms. The minimum atomic E-state index is -3.99. The van der Waals surface area contributed by atoms with E-state index in [1.165, 1.54) is 0 Å². The summed E-state index contributed by atoms with van der Waals surface area (Å²) in [6.45, 7) is 4.20. The Bertz CT molecular complexity index is 175. The number of hydrogen-bond donors (Lipinski definition) is 0. The number of rotatable bonds is 11. The second-order valence-corrected chi connectivity index (χ2v) is 5.29. The molecule has 1 unspecified atom stereocenters. The van der Waals surface area contributed by atoms with Crippen LogP contribution >= 0.6 is 0 Å². The summed E-state index contributed by atoms with van der Waals surface area (Å²) >= 11 is 0. The first kappa shape index (κ1) is 17.8. The molecule has 0 spiro atoms.